The molecule has 1 N–H and O–H groups in total. The van der Waals surface area contributed by atoms with E-state index in [0.717, 1.165) is 25.9 Å². The van der Waals surface area contributed by atoms with Crippen LogP contribution in [0.3, 0.4) is 0 Å². The zero-order chi connectivity index (χ0) is 13.8. The second kappa shape index (κ2) is 6.09. The van der Waals surface area contributed by atoms with Crippen LogP contribution in [0, 0.1) is 5.92 Å². The zero-order valence-corrected chi connectivity index (χ0v) is 11.8. The van der Waals surface area contributed by atoms with Crippen molar-refractivity contribution in [2.24, 2.45) is 5.92 Å². The maximum atomic E-state index is 10.8. The summed E-state index contributed by atoms with van der Waals surface area (Å²) in [5, 5.41) is 8.90. The fraction of sp³-hybridized carbons (Fsp3) is 0.562. The van der Waals surface area contributed by atoms with Crippen LogP contribution in [0.5, 0.6) is 0 Å². The summed E-state index contributed by atoms with van der Waals surface area (Å²) in [5.41, 5.74) is 2.57. The average Bonchev–Trinajstić information content (AvgIpc) is 2.38. The fourth-order valence-electron chi connectivity index (χ4n) is 2.78. The van der Waals surface area contributed by atoms with Crippen molar-refractivity contribution >= 4 is 11.7 Å². The lowest BCUT2D eigenvalue weighted by Gasteiger charge is -2.34. The van der Waals surface area contributed by atoms with E-state index in [-0.39, 0.29) is 5.92 Å². The molecule has 1 aliphatic heterocycles. The van der Waals surface area contributed by atoms with Gasteiger partial charge in [0.25, 0.3) is 0 Å². The molecule has 1 aliphatic rings. The summed E-state index contributed by atoms with van der Waals surface area (Å²) in [6.45, 7) is 6.29. The molecule has 3 heteroatoms. The topological polar surface area (TPSA) is 40.5 Å². The average molecular weight is 261 g/mol. The number of rotatable bonds is 4. The Balaban J connectivity index is 2.02. The van der Waals surface area contributed by atoms with Gasteiger partial charge in [0.2, 0.25) is 0 Å². The van der Waals surface area contributed by atoms with Crippen molar-refractivity contribution in [2.75, 3.05) is 18.0 Å². The zero-order valence-electron chi connectivity index (χ0n) is 11.8. The first-order valence-electron chi connectivity index (χ1n) is 7.13. The van der Waals surface area contributed by atoms with Gasteiger partial charge in [-0.25, -0.2) is 0 Å². The number of aliphatic carboxylic acids is 1. The maximum Gasteiger partial charge on any atom is 0.303 e. The van der Waals surface area contributed by atoms with E-state index >= 15 is 0 Å². The summed E-state index contributed by atoms with van der Waals surface area (Å²) in [5.74, 6) is 0.160. The Hall–Kier alpha value is -1.51. The largest absolute Gasteiger partial charge is 0.481 e. The van der Waals surface area contributed by atoms with Crippen molar-refractivity contribution in [3.8, 4) is 0 Å². The molecule has 1 atom stereocenters. The molecule has 0 spiro atoms. The first-order chi connectivity index (χ1) is 9.06. The van der Waals surface area contributed by atoms with Gasteiger partial charge in [0.15, 0.2) is 0 Å². The van der Waals surface area contributed by atoms with Crippen molar-refractivity contribution in [3.05, 3.63) is 29.8 Å². The number of nitrogens with zero attached hydrogens (tertiary/aromatic N) is 1. The molecule has 1 aromatic rings. The molecular formula is C16H23NO2. The summed E-state index contributed by atoms with van der Waals surface area (Å²) in [4.78, 5) is 13.1. The third-order valence-electron chi connectivity index (χ3n) is 3.91. The number of hydrogen-bond acceptors (Lipinski definition) is 2. The van der Waals surface area contributed by atoms with Gasteiger partial charge in [-0.05, 0) is 42.4 Å². The van der Waals surface area contributed by atoms with Crippen LogP contribution in [0.4, 0.5) is 5.69 Å². The Kier molecular flexibility index (Phi) is 4.46. The van der Waals surface area contributed by atoms with Crippen LogP contribution in [-0.4, -0.2) is 24.2 Å². The van der Waals surface area contributed by atoms with Crippen LogP contribution in [0.2, 0.25) is 0 Å². The lowest BCUT2D eigenvalue weighted by atomic mass is 9.94. The third kappa shape index (κ3) is 3.72. The highest BCUT2D eigenvalue weighted by molar-refractivity contribution is 5.67. The van der Waals surface area contributed by atoms with E-state index in [2.05, 4.69) is 43.0 Å². The minimum atomic E-state index is -0.679. The van der Waals surface area contributed by atoms with Crippen LogP contribution in [0.1, 0.15) is 44.6 Å². The normalized spacial score (nSPS) is 19.7. The van der Waals surface area contributed by atoms with Gasteiger partial charge in [0, 0.05) is 25.2 Å². The van der Waals surface area contributed by atoms with E-state index in [1.807, 2.05) is 0 Å². The summed E-state index contributed by atoms with van der Waals surface area (Å²) in [6, 6.07) is 8.69. The molecule has 0 amide bonds. The predicted molar refractivity (Wildman–Crippen MR) is 77.7 cm³/mol. The van der Waals surface area contributed by atoms with Crippen molar-refractivity contribution < 1.29 is 9.90 Å². The highest BCUT2D eigenvalue weighted by Crippen LogP contribution is 2.26. The molecule has 1 aromatic carbocycles. The maximum absolute atomic E-state index is 10.8. The Morgan fingerprint density at radius 1 is 1.37 bits per heavy atom. The molecule has 1 saturated heterocycles. The molecule has 1 heterocycles. The molecular weight excluding hydrogens is 238 g/mol. The molecule has 1 fully saturated rings. The highest BCUT2D eigenvalue weighted by atomic mass is 16.4. The predicted octanol–water partition coefficient (Wildman–Crippen LogP) is 3.50. The highest BCUT2D eigenvalue weighted by Gasteiger charge is 2.22. The molecule has 0 aliphatic carbocycles. The second-order valence-electron chi connectivity index (χ2n) is 5.80. The molecule has 0 radical (unpaired) electrons. The molecule has 0 aromatic heterocycles. The molecule has 3 nitrogen and oxygen atoms in total. The van der Waals surface area contributed by atoms with Crippen LogP contribution >= 0.6 is 0 Å². The van der Waals surface area contributed by atoms with Crippen molar-refractivity contribution in [1.82, 2.24) is 0 Å². The standard InChI is InChI=1S/C16H23NO2/c1-12(2)14-5-7-15(8-6-14)17-9-3-4-13(11-17)10-16(18)19/h5-8,12-13H,3-4,9-11H2,1-2H3,(H,18,19)/t13-/m1/s1. The minimum Gasteiger partial charge on any atom is -0.481 e. The van der Waals surface area contributed by atoms with Crippen LogP contribution in [-0.2, 0) is 4.79 Å². The van der Waals surface area contributed by atoms with Gasteiger partial charge in [-0.2, -0.15) is 0 Å². The molecule has 19 heavy (non-hydrogen) atoms. The van der Waals surface area contributed by atoms with Crippen LogP contribution in [0.25, 0.3) is 0 Å². The number of carboxylic acids is 1. The van der Waals surface area contributed by atoms with Gasteiger partial charge in [0.05, 0.1) is 0 Å². The van der Waals surface area contributed by atoms with E-state index in [4.69, 9.17) is 5.11 Å². The lowest BCUT2D eigenvalue weighted by molar-refractivity contribution is -0.138. The number of benzene rings is 1. The first-order valence-corrected chi connectivity index (χ1v) is 7.13. The minimum absolute atomic E-state index is 0.288. The van der Waals surface area contributed by atoms with Gasteiger partial charge in [-0.15, -0.1) is 0 Å². The number of carbonyl (C=O) groups is 1. The first kappa shape index (κ1) is 13.9. The number of piperidine rings is 1. The molecule has 104 valence electrons. The van der Waals surface area contributed by atoms with Gasteiger partial charge >= 0.3 is 5.97 Å². The van der Waals surface area contributed by atoms with Crippen LogP contribution in [0.15, 0.2) is 24.3 Å². The molecule has 0 bridgehead atoms. The number of anilines is 1. The molecule has 2 rings (SSSR count). The Labute approximate surface area is 115 Å². The monoisotopic (exact) mass is 261 g/mol. The van der Waals surface area contributed by atoms with Gasteiger partial charge < -0.3 is 10.0 Å². The number of hydrogen-bond donors (Lipinski definition) is 1. The van der Waals surface area contributed by atoms with Crippen LogP contribution < -0.4 is 4.90 Å². The van der Waals surface area contributed by atoms with E-state index in [0.29, 0.717) is 12.3 Å². The summed E-state index contributed by atoms with van der Waals surface area (Å²) in [6.07, 6.45) is 2.41. The van der Waals surface area contributed by atoms with E-state index in [1.165, 1.54) is 11.3 Å². The van der Waals surface area contributed by atoms with Crippen molar-refractivity contribution in [1.29, 1.82) is 0 Å². The summed E-state index contributed by atoms with van der Waals surface area (Å²) in [7, 11) is 0. The summed E-state index contributed by atoms with van der Waals surface area (Å²) < 4.78 is 0. The Morgan fingerprint density at radius 3 is 2.63 bits per heavy atom. The Morgan fingerprint density at radius 2 is 2.05 bits per heavy atom. The molecule has 0 saturated carbocycles. The third-order valence-corrected chi connectivity index (χ3v) is 3.91. The van der Waals surface area contributed by atoms with Gasteiger partial charge in [-0.1, -0.05) is 26.0 Å². The van der Waals surface area contributed by atoms with E-state index < -0.39 is 5.97 Å². The van der Waals surface area contributed by atoms with E-state index in [1.54, 1.807) is 0 Å². The quantitative estimate of drug-likeness (QED) is 0.901. The Bertz CT molecular complexity index is 425. The summed E-state index contributed by atoms with van der Waals surface area (Å²) >= 11 is 0. The van der Waals surface area contributed by atoms with E-state index in [9.17, 15) is 4.79 Å². The van der Waals surface area contributed by atoms with Gasteiger partial charge in [0.1, 0.15) is 0 Å². The van der Waals surface area contributed by atoms with Gasteiger partial charge in [-0.3, -0.25) is 4.79 Å². The SMILES string of the molecule is CC(C)c1ccc(N2CCC[C@H](CC(=O)O)C2)cc1. The molecule has 0 unspecified atom stereocenters. The second-order valence-corrected chi connectivity index (χ2v) is 5.80. The smallest absolute Gasteiger partial charge is 0.303 e. The fourth-order valence-corrected chi connectivity index (χ4v) is 2.78. The van der Waals surface area contributed by atoms with Crippen molar-refractivity contribution in [2.45, 2.75) is 39.0 Å². The van der Waals surface area contributed by atoms with Crippen molar-refractivity contribution in [3.63, 3.8) is 0 Å². The number of carboxylic acid groups (broad SMARTS) is 1. The lowest BCUT2D eigenvalue weighted by Crippen LogP contribution is -2.36.